The summed E-state index contributed by atoms with van der Waals surface area (Å²) in [7, 11) is 3.52. The number of Topliss-reactive ketones (excluding diaryl/α,β-unsaturated/α-hetero) is 1. The lowest BCUT2D eigenvalue weighted by Gasteiger charge is -2.57. The van der Waals surface area contributed by atoms with E-state index in [2.05, 4.69) is 13.8 Å². The van der Waals surface area contributed by atoms with E-state index >= 15 is 0 Å². The van der Waals surface area contributed by atoms with Crippen molar-refractivity contribution in [3.05, 3.63) is 11.6 Å². The van der Waals surface area contributed by atoms with Gasteiger partial charge in [0.1, 0.15) is 5.78 Å². The topological polar surface area (TPSA) is 54.5 Å². The van der Waals surface area contributed by atoms with Crippen LogP contribution >= 0.6 is 0 Å². The quantitative estimate of drug-likeness (QED) is 0.742. The van der Waals surface area contributed by atoms with E-state index in [1.807, 2.05) is 6.08 Å². The molecule has 4 nitrogen and oxygen atoms in total. The first kappa shape index (κ1) is 18.9. The van der Waals surface area contributed by atoms with Crippen molar-refractivity contribution in [2.45, 2.75) is 65.2 Å². The Balaban J connectivity index is 1.62. The zero-order valence-electron chi connectivity index (χ0n) is 17.2. The van der Waals surface area contributed by atoms with Crippen LogP contribution in [0.3, 0.4) is 0 Å². The molecule has 0 heterocycles. The number of nitrogens with zero attached hydrogens (tertiary/aromatic N) is 1. The van der Waals surface area contributed by atoms with Crippen molar-refractivity contribution in [3.8, 4) is 0 Å². The maximum absolute atomic E-state index is 12.7. The Hall–Kier alpha value is -1.45. The molecular weight excluding hydrogens is 338 g/mol. The number of hydrogen-bond acceptors (Lipinski definition) is 3. The van der Waals surface area contributed by atoms with Crippen molar-refractivity contribution in [2.24, 2.45) is 34.5 Å². The highest BCUT2D eigenvalue weighted by Crippen LogP contribution is 2.64. The Kier molecular flexibility index (Phi) is 4.40. The first-order valence-electron chi connectivity index (χ1n) is 10.6. The van der Waals surface area contributed by atoms with Crippen molar-refractivity contribution in [2.75, 3.05) is 14.1 Å². The van der Waals surface area contributed by atoms with Crippen molar-refractivity contribution >= 4 is 17.5 Å². The molecule has 6 unspecified atom stereocenters. The molecule has 0 aromatic heterocycles. The average Bonchev–Trinajstić information content (AvgIpc) is 2.91. The van der Waals surface area contributed by atoms with Crippen LogP contribution in [0.15, 0.2) is 11.6 Å². The Morgan fingerprint density at radius 2 is 1.78 bits per heavy atom. The first-order chi connectivity index (χ1) is 12.7. The lowest BCUT2D eigenvalue weighted by molar-refractivity contribution is -0.136. The summed E-state index contributed by atoms with van der Waals surface area (Å²) < 4.78 is 0. The third kappa shape index (κ3) is 2.74. The average molecular weight is 372 g/mol. The highest BCUT2D eigenvalue weighted by atomic mass is 16.2. The Morgan fingerprint density at radius 1 is 1.07 bits per heavy atom. The second kappa shape index (κ2) is 6.28. The van der Waals surface area contributed by atoms with Gasteiger partial charge in [-0.2, -0.15) is 0 Å². The number of carbonyl (C=O) groups is 3. The third-order valence-corrected chi connectivity index (χ3v) is 8.75. The van der Waals surface area contributed by atoms with Gasteiger partial charge in [0.15, 0.2) is 5.78 Å². The highest BCUT2D eigenvalue weighted by Gasteiger charge is 2.59. The zero-order chi connectivity index (χ0) is 19.6. The monoisotopic (exact) mass is 371 g/mol. The number of amides is 1. The molecule has 4 heteroatoms. The van der Waals surface area contributed by atoms with E-state index in [9.17, 15) is 14.4 Å². The van der Waals surface area contributed by atoms with E-state index in [4.69, 9.17) is 0 Å². The van der Waals surface area contributed by atoms with E-state index in [1.54, 1.807) is 19.0 Å². The molecule has 4 aliphatic carbocycles. The molecule has 148 valence electrons. The zero-order valence-corrected chi connectivity index (χ0v) is 17.2. The van der Waals surface area contributed by atoms with Gasteiger partial charge in [0.25, 0.3) is 0 Å². The summed E-state index contributed by atoms with van der Waals surface area (Å²) in [4.78, 5) is 39.1. The molecule has 0 aliphatic heterocycles. The van der Waals surface area contributed by atoms with Gasteiger partial charge in [-0.25, -0.2) is 0 Å². The molecule has 0 saturated heterocycles. The van der Waals surface area contributed by atoms with Crippen LogP contribution in [0.1, 0.15) is 65.2 Å². The van der Waals surface area contributed by atoms with E-state index in [1.165, 1.54) is 5.57 Å². The highest BCUT2D eigenvalue weighted by molar-refractivity contribution is 5.96. The SMILES string of the molecule is CN(C)C(=O)CC1CC2(C)C(=CC1=O)CCC1C3CCC(=O)C3(C)CCC12. The Morgan fingerprint density at radius 3 is 2.48 bits per heavy atom. The summed E-state index contributed by atoms with van der Waals surface area (Å²) in [6.45, 7) is 4.55. The summed E-state index contributed by atoms with van der Waals surface area (Å²) in [5, 5.41) is 0. The van der Waals surface area contributed by atoms with Crippen molar-refractivity contribution in [1.82, 2.24) is 4.90 Å². The lowest BCUT2D eigenvalue weighted by Crippen LogP contribution is -2.51. The van der Waals surface area contributed by atoms with E-state index < -0.39 is 0 Å². The minimum absolute atomic E-state index is 0.0149. The van der Waals surface area contributed by atoms with Crippen LogP contribution in [0.5, 0.6) is 0 Å². The fourth-order valence-corrected chi connectivity index (χ4v) is 7.09. The smallest absolute Gasteiger partial charge is 0.222 e. The van der Waals surface area contributed by atoms with Crippen LogP contribution in [-0.4, -0.2) is 36.5 Å². The van der Waals surface area contributed by atoms with Gasteiger partial charge in [-0.1, -0.05) is 19.4 Å². The number of fused-ring (bicyclic) bond motifs is 5. The van der Waals surface area contributed by atoms with E-state index in [-0.39, 0.29) is 28.4 Å². The number of hydrogen-bond donors (Lipinski definition) is 0. The molecule has 4 rings (SSSR count). The predicted molar refractivity (Wildman–Crippen MR) is 104 cm³/mol. The lowest BCUT2D eigenvalue weighted by atomic mass is 9.46. The molecule has 0 bridgehead atoms. The standard InChI is InChI=1S/C23H33NO3/c1-22-10-9-18-16(17(22)7-8-20(22)26)6-5-15-12-19(25)14(13-23(15,18)2)11-21(27)24(3)4/h12,14,16-18H,5-11,13H2,1-4H3. The molecule has 3 fully saturated rings. The van der Waals surface area contributed by atoms with Gasteiger partial charge in [0.05, 0.1) is 0 Å². The van der Waals surface area contributed by atoms with Crippen LogP contribution < -0.4 is 0 Å². The molecule has 0 spiro atoms. The molecule has 4 aliphatic rings. The van der Waals surface area contributed by atoms with Crippen molar-refractivity contribution in [3.63, 3.8) is 0 Å². The first-order valence-corrected chi connectivity index (χ1v) is 10.6. The van der Waals surface area contributed by atoms with Crippen LogP contribution in [0.25, 0.3) is 0 Å². The molecule has 0 radical (unpaired) electrons. The van der Waals surface area contributed by atoms with Crippen LogP contribution in [0.2, 0.25) is 0 Å². The molecule has 0 N–H and O–H groups in total. The number of allylic oxidation sites excluding steroid dienone is 1. The van der Waals surface area contributed by atoms with E-state index in [0.29, 0.717) is 30.0 Å². The number of carbonyl (C=O) groups excluding carboxylic acids is 3. The second-order valence-electron chi connectivity index (χ2n) is 10.2. The molecule has 0 aromatic carbocycles. The molecular formula is C23H33NO3. The fourth-order valence-electron chi connectivity index (χ4n) is 7.09. The summed E-state index contributed by atoms with van der Waals surface area (Å²) in [6.07, 6.45) is 9.00. The van der Waals surface area contributed by atoms with Crippen LogP contribution in [0.4, 0.5) is 0 Å². The Labute approximate surface area is 162 Å². The molecule has 0 aromatic rings. The van der Waals surface area contributed by atoms with Gasteiger partial charge in [-0.05, 0) is 67.8 Å². The molecule has 6 atom stereocenters. The van der Waals surface area contributed by atoms with Gasteiger partial charge in [-0.3, -0.25) is 14.4 Å². The summed E-state index contributed by atoms with van der Waals surface area (Å²) in [5.74, 6) is 2.13. The van der Waals surface area contributed by atoms with Gasteiger partial charge in [0, 0.05) is 38.3 Å². The predicted octanol–water partition coefficient (Wildman–Crippen LogP) is 3.79. The van der Waals surface area contributed by atoms with Gasteiger partial charge in [0.2, 0.25) is 5.91 Å². The normalized spacial score (nSPS) is 43.5. The maximum atomic E-state index is 12.7. The summed E-state index contributed by atoms with van der Waals surface area (Å²) >= 11 is 0. The van der Waals surface area contributed by atoms with Crippen molar-refractivity contribution in [1.29, 1.82) is 0 Å². The number of rotatable bonds is 2. The summed E-state index contributed by atoms with van der Waals surface area (Å²) in [5.41, 5.74) is 1.22. The third-order valence-electron chi connectivity index (χ3n) is 8.75. The molecule has 3 saturated carbocycles. The number of ketones is 2. The van der Waals surface area contributed by atoms with Gasteiger partial charge < -0.3 is 4.90 Å². The second-order valence-corrected chi connectivity index (χ2v) is 10.2. The maximum Gasteiger partial charge on any atom is 0.222 e. The fraction of sp³-hybridized carbons (Fsp3) is 0.783. The van der Waals surface area contributed by atoms with Crippen LogP contribution in [-0.2, 0) is 14.4 Å². The molecule has 27 heavy (non-hydrogen) atoms. The van der Waals surface area contributed by atoms with Gasteiger partial charge in [-0.15, -0.1) is 0 Å². The minimum atomic E-state index is -0.189. The minimum Gasteiger partial charge on any atom is -0.349 e. The molecule has 1 amide bonds. The van der Waals surface area contributed by atoms with E-state index in [0.717, 1.165) is 44.9 Å². The van der Waals surface area contributed by atoms with Gasteiger partial charge >= 0.3 is 0 Å². The largest absolute Gasteiger partial charge is 0.349 e. The Bertz CT molecular complexity index is 723. The van der Waals surface area contributed by atoms with Crippen LogP contribution in [0, 0.1) is 34.5 Å². The van der Waals surface area contributed by atoms with Crippen molar-refractivity contribution < 1.29 is 14.4 Å². The summed E-state index contributed by atoms with van der Waals surface area (Å²) in [6, 6.07) is 0.